The normalized spacial score (nSPS) is 19.9. The van der Waals surface area contributed by atoms with Crippen molar-refractivity contribution in [2.24, 2.45) is 0 Å². The number of ether oxygens (including phenoxy) is 1. The Labute approximate surface area is 168 Å². The lowest BCUT2D eigenvalue weighted by Gasteiger charge is -2.35. The lowest BCUT2D eigenvalue weighted by Crippen LogP contribution is -2.59. The molecule has 1 saturated heterocycles. The van der Waals surface area contributed by atoms with Crippen LogP contribution < -0.4 is 10.6 Å². The molecule has 164 valence electrons. The van der Waals surface area contributed by atoms with Crippen molar-refractivity contribution >= 4 is 29.8 Å². The molecular formula is C18H29N3O8. The third-order valence-electron chi connectivity index (χ3n) is 4.46. The average Bonchev–Trinajstić information content (AvgIpc) is 2.97. The van der Waals surface area contributed by atoms with Gasteiger partial charge < -0.3 is 30.5 Å². The zero-order valence-electron chi connectivity index (χ0n) is 17.1. The molecule has 2 atom stereocenters. The minimum Gasteiger partial charge on any atom is -0.481 e. The number of nitrogens with one attached hydrogen (secondary N) is 2. The first kappa shape index (κ1) is 24.2. The molecule has 0 aromatic heterocycles. The number of hydrogen-bond acceptors (Lipinski definition) is 6. The zero-order chi connectivity index (χ0) is 22.4. The number of carbonyl (C=O) groups is 5. The maximum Gasteiger partial charge on any atom is 0.408 e. The molecule has 0 unspecified atom stereocenters. The van der Waals surface area contributed by atoms with Crippen molar-refractivity contribution in [1.29, 1.82) is 0 Å². The number of nitrogens with zero attached hydrogens (tertiary/aromatic N) is 1. The summed E-state index contributed by atoms with van der Waals surface area (Å²) in [6.45, 7) is 6.44. The van der Waals surface area contributed by atoms with Crippen molar-refractivity contribution in [3.8, 4) is 0 Å². The quantitative estimate of drug-likeness (QED) is 0.441. The fraction of sp³-hybridized carbons (Fsp3) is 0.722. The lowest BCUT2D eigenvalue weighted by atomic mass is 9.96. The van der Waals surface area contributed by atoms with Gasteiger partial charge in [-0.15, -0.1) is 0 Å². The van der Waals surface area contributed by atoms with Crippen molar-refractivity contribution in [2.45, 2.75) is 70.6 Å². The summed E-state index contributed by atoms with van der Waals surface area (Å²) in [6.07, 6.45) is -0.635. The first-order valence-electron chi connectivity index (χ1n) is 9.29. The Kier molecular flexibility index (Phi) is 7.98. The number of rotatable bonds is 8. The van der Waals surface area contributed by atoms with Crippen molar-refractivity contribution in [3.63, 3.8) is 0 Å². The van der Waals surface area contributed by atoms with Gasteiger partial charge in [0.25, 0.3) is 0 Å². The Balaban J connectivity index is 2.76. The smallest absolute Gasteiger partial charge is 0.408 e. The van der Waals surface area contributed by atoms with Crippen molar-refractivity contribution in [2.75, 3.05) is 13.1 Å². The second-order valence-corrected chi connectivity index (χ2v) is 8.07. The topological polar surface area (TPSA) is 162 Å². The van der Waals surface area contributed by atoms with E-state index < -0.39 is 53.4 Å². The van der Waals surface area contributed by atoms with E-state index in [4.69, 9.17) is 9.84 Å². The van der Waals surface area contributed by atoms with Gasteiger partial charge in [-0.25, -0.2) is 9.59 Å². The summed E-state index contributed by atoms with van der Waals surface area (Å²) in [4.78, 5) is 60.3. The predicted octanol–water partition coefficient (Wildman–Crippen LogP) is 0.326. The molecule has 11 heteroatoms. The SMILES string of the molecule is CC(C)(C)OC(=O)NCC(=O)N1CCC[C@@]1(C)C(=O)N[C@@H](CCC(=O)O)C(=O)O. The third-order valence-corrected chi connectivity index (χ3v) is 4.46. The Morgan fingerprint density at radius 3 is 2.31 bits per heavy atom. The van der Waals surface area contributed by atoms with E-state index in [1.807, 2.05) is 0 Å². The summed E-state index contributed by atoms with van der Waals surface area (Å²) in [5.41, 5.74) is -2.03. The molecule has 1 fully saturated rings. The van der Waals surface area contributed by atoms with Gasteiger partial charge in [0.15, 0.2) is 0 Å². The highest BCUT2D eigenvalue weighted by Crippen LogP contribution is 2.29. The second kappa shape index (κ2) is 9.57. The predicted molar refractivity (Wildman–Crippen MR) is 100 cm³/mol. The molecule has 0 aromatic carbocycles. The molecule has 3 amide bonds. The third kappa shape index (κ3) is 7.24. The molecule has 1 rings (SSSR count). The van der Waals surface area contributed by atoms with E-state index in [0.29, 0.717) is 12.8 Å². The van der Waals surface area contributed by atoms with Gasteiger partial charge in [0.1, 0.15) is 23.7 Å². The molecule has 0 radical (unpaired) electrons. The number of alkyl carbamates (subject to hydrolysis) is 1. The average molecular weight is 415 g/mol. The maximum atomic E-state index is 12.7. The molecule has 0 aliphatic carbocycles. The Hall–Kier alpha value is -2.85. The van der Waals surface area contributed by atoms with E-state index in [1.165, 1.54) is 11.8 Å². The summed E-state index contributed by atoms with van der Waals surface area (Å²) in [5, 5.41) is 22.6. The molecule has 1 aliphatic rings. The lowest BCUT2D eigenvalue weighted by molar-refractivity contribution is -0.147. The minimum atomic E-state index is -1.38. The highest BCUT2D eigenvalue weighted by molar-refractivity contribution is 5.95. The first-order valence-corrected chi connectivity index (χ1v) is 9.29. The van der Waals surface area contributed by atoms with Gasteiger partial charge in [-0.2, -0.15) is 0 Å². The van der Waals surface area contributed by atoms with Gasteiger partial charge in [0.05, 0.1) is 0 Å². The second-order valence-electron chi connectivity index (χ2n) is 8.07. The van der Waals surface area contributed by atoms with Crippen molar-refractivity contribution in [1.82, 2.24) is 15.5 Å². The number of carbonyl (C=O) groups excluding carboxylic acids is 3. The summed E-state index contributed by atoms with van der Waals surface area (Å²) in [5.74, 6) is -3.73. The number of carboxylic acids is 2. The Bertz CT molecular complexity index is 673. The van der Waals surface area contributed by atoms with Gasteiger partial charge in [-0.1, -0.05) is 0 Å². The molecule has 11 nitrogen and oxygen atoms in total. The van der Waals surface area contributed by atoms with Crippen LogP contribution in [0.25, 0.3) is 0 Å². The molecule has 1 aliphatic heterocycles. The van der Waals surface area contributed by atoms with E-state index in [9.17, 15) is 29.1 Å². The maximum absolute atomic E-state index is 12.7. The number of amides is 3. The fourth-order valence-electron chi connectivity index (χ4n) is 3.00. The van der Waals surface area contributed by atoms with Crippen molar-refractivity contribution in [3.05, 3.63) is 0 Å². The van der Waals surface area contributed by atoms with Crippen LogP contribution in [0.5, 0.6) is 0 Å². The van der Waals surface area contributed by atoms with Crippen LogP contribution in [0.4, 0.5) is 4.79 Å². The van der Waals surface area contributed by atoms with Gasteiger partial charge in [-0.05, 0) is 47.0 Å². The van der Waals surface area contributed by atoms with Crippen LogP contribution in [-0.2, 0) is 23.9 Å². The van der Waals surface area contributed by atoms with Crippen LogP contribution >= 0.6 is 0 Å². The van der Waals surface area contributed by atoms with E-state index in [1.54, 1.807) is 20.8 Å². The van der Waals surface area contributed by atoms with E-state index in [0.717, 1.165) is 0 Å². The zero-order valence-corrected chi connectivity index (χ0v) is 17.1. The minimum absolute atomic E-state index is 0.269. The van der Waals surface area contributed by atoms with Crippen LogP contribution in [0.15, 0.2) is 0 Å². The Morgan fingerprint density at radius 2 is 1.79 bits per heavy atom. The number of carboxylic acid groups (broad SMARTS) is 2. The molecule has 29 heavy (non-hydrogen) atoms. The summed E-state index contributed by atoms with van der Waals surface area (Å²) in [7, 11) is 0. The Morgan fingerprint density at radius 1 is 1.17 bits per heavy atom. The van der Waals surface area contributed by atoms with Crippen LogP contribution in [0.1, 0.15) is 53.4 Å². The van der Waals surface area contributed by atoms with Crippen molar-refractivity contribution < 1.29 is 38.9 Å². The molecule has 0 aromatic rings. The molecular weight excluding hydrogens is 386 g/mol. The molecule has 4 N–H and O–H groups in total. The van der Waals surface area contributed by atoms with E-state index in [2.05, 4.69) is 10.6 Å². The largest absolute Gasteiger partial charge is 0.481 e. The highest BCUT2D eigenvalue weighted by Gasteiger charge is 2.46. The summed E-state index contributed by atoms with van der Waals surface area (Å²) >= 11 is 0. The number of aliphatic carboxylic acids is 2. The van der Waals surface area contributed by atoms with Crippen LogP contribution in [0.3, 0.4) is 0 Å². The van der Waals surface area contributed by atoms with Gasteiger partial charge in [-0.3, -0.25) is 14.4 Å². The molecule has 1 heterocycles. The van der Waals surface area contributed by atoms with Gasteiger partial charge in [0, 0.05) is 13.0 Å². The van der Waals surface area contributed by atoms with Crippen LogP contribution in [0, 0.1) is 0 Å². The van der Waals surface area contributed by atoms with Gasteiger partial charge >= 0.3 is 18.0 Å². The summed E-state index contributed by atoms with van der Waals surface area (Å²) in [6, 6.07) is -1.38. The number of likely N-dealkylation sites (tertiary alicyclic amines) is 1. The molecule has 0 saturated carbocycles. The van der Waals surface area contributed by atoms with Crippen LogP contribution in [0.2, 0.25) is 0 Å². The molecule has 0 bridgehead atoms. The van der Waals surface area contributed by atoms with E-state index in [-0.39, 0.29) is 19.5 Å². The fourth-order valence-corrected chi connectivity index (χ4v) is 3.00. The van der Waals surface area contributed by atoms with Crippen LogP contribution in [-0.4, -0.2) is 75.2 Å². The first-order chi connectivity index (χ1) is 13.3. The van der Waals surface area contributed by atoms with Gasteiger partial charge in [0.2, 0.25) is 11.8 Å². The molecule has 0 spiro atoms. The number of hydrogen-bond donors (Lipinski definition) is 4. The summed E-state index contributed by atoms with van der Waals surface area (Å²) < 4.78 is 5.06. The monoisotopic (exact) mass is 415 g/mol. The van der Waals surface area contributed by atoms with E-state index >= 15 is 0 Å². The highest BCUT2D eigenvalue weighted by atomic mass is 16.6. The standard InChI is InChI=1S/C18H29N3O8/c1-17(2,3)29-16(28)19-10-12(22)21-9-5-8-18(21,4)15(27)20-11(14(25)26)6-7-13(23)24/h11H,5-10H2,1-4H3,(H,19,28)(H,20,27)(H,23,24)(H,25,26)/t11-,18-/m0/s1.